The molecule has 0 saturated carbocycles. The number of aryl methyl sites for hydroxylation is 2. The molecule has 0 atom stereocenters. The number of anilines is 1. The van der Waals surface area contributed by atoms with Crippen LogP contribution in [-0.2, 0) is 27.6 Å². The number of sulfone groups is 1. The van der Waals surface area contributed by atoms with Crippen molar-refractivity contribution in [2.75, 3.05) is 4.90 Å². The first-order valence-corrected chi connectivity index (χ1v) is 13.4. The van der Waals surface area contributed by atoms with Gasteiger partial charge in [-0.25, -0.2) is 13.4 Å². The fourth-order valence-corrected chi connectivity index (χ4v) is 5.97. The van der Waals surface area contributed by atoms with Crippen LogP contribution in [0.3, 0.4) is 0 Å². The summed E-state index contributed by atoms with van der Waals surface area (Å²) in [6, 6.07) is 14.5. The number of carbonyl (C=O) groups excluding carboxylic acids is 1. The molecule has 6 nitrogen and oxygen atoms in total. The van der Waals surface area contributed by atoms with Gasteiger partial charge in [-0.3, -0.25) is 14.7 Å². The van der Waals surface area contributed by atoms with Crippen molar-refractivity contribution in [3.05, 3.63) is 83.2 Å². The summed E-state index contributed by atoms with van der Waals surface area (Å²) >= 11 is 1.50. The molecule has 0 aliphatic heterocycles. The van der Waals surface area contributed by atoms with Gasteiger partial charge >= 0.3 is 0 Å². The van der Waals surface area contributed by atoms with Gasteiger partial charge in [0.05, 0.1) is 33.3 Å². The van der Waals surface area contributed by atoms with E-state index in [2.05, 4.69) is 17.1 Å². The number of amides is 1. The van der Waals surface area contributed by atoms with E-state index in [1.807, 2.05) is 26.0 Å². The maximum Gasteiger partial charge on any atom is 0.233 e. The van der Waals surface area contributed by atoms with Crippen molar-refractivity contribution in [2.24, 2.45) is 0 Å². The molecule has 34 heavy (non-hydrogen) atoms. The number of hydrogen-bond donors (Lipinski definition) is 0. The maximum atomic E-state index is 13.5. The Balaban J connectivity index is 1.65. The molecule has 0 spiro atoms. The molecule has 0 radical (unpaired) electrons. The predicted octanol–water partition coefficient (Wildman–Crippen LogP) is 5.27. The standard InChI is InChI=1S/C26H27N3O3S2/c1-17(2)34(31,32)22-9-7-20(8-10-22)14-24(30)29(16-21-6-5-11-27-15-21)26-28-25-19(4)12-18(3)13-23(25)33-26/h5-13,15,17H,14,16H2,1-4H3. The van der Waals surface area contributed by atoms with Crippen LogP contribution in [0.25, 0.3) is 10.2 Å². The molecule has 0 N–H and O–H groups in total. The lowest BCUT2D eigenvalue weighted by Gasteiger charge is -2.20. The van der Waals surface area contributed by atoms with Crippen LogP contribution in [0.2, 0.25) is 0 Å². The zero-order valence-electron chi connectivity index (χ0n) is 19.6. The minimum absolute atomic E-state index is 0.114. The molecule has 0 aliphatic carbocycles. The van der Waals surface area contributed by atoms with E-state index < -0.39 is 15.1 Å². The molecule has 1 amide bonds. The van der Waals surface area contributed by atoms with Gasteiger partial charge in [0.2, 0.25) is 5.91 Å². The van der Waals surface area contributed by atoms with E-state index in [4.69, 9.17) is 4.98 Å². The first kappa shape index (κ1) is 24.0. The second kappa shape index (κ2) is 9.64. The Kier molecular flexibility index (Phi) is 6.81. The molecule has 2 aromatic heterocycles. The van der Waals surface area contributed by atoms with Crippen LogP contribution in [-0.4, -0.2) is 29.5 Å². The number of fused-ring (bicyclic) bond motifs is 1. The number of carbonyl (C=O) groups is 1. The second-order valence-corrected chi connectivity index (χ2v) is 12.2. The molecular formula is C26H27N3O3S2. The second-order valence-electron chi connectivity index (χ2n) is 8.68. The summed E-state index contributed by atoms with van der Waals surface area (Å²) in [6.07, 6.45) is 3.58. The highest BCUT2D eigenvalue weighted by Gasteiger charge is 2.23. The lowest BCUT2D eigenvalue weighted by atomic mass is 10.1. The van der Waals surface area contributed by atoms with Crippen molar-refractivity contribution in [2.45, 2.75) is 50.8 Å². The van der Waals surface area contributed by atoms with Crippen molar-refractivity contribution >= 4 is 42.4 Å². The van der Waals surface area contributed by atoms with Gasteiger partial charge in [0.1, 0.15) is 0 Å². The fourth-order valence-electron chi connectivity index (χ4n) is 3.75. The van der Waals surface area contributed by atoms with Gasteiger partial charge in [0, 0.05) is 12.4 Å². The molecule has 0 saturated heterocycles. The van der Waals surface area contributed by atoms with Crippen molar-refractivity contribution in [1.29, 1.82) is 0 Å². The third-order valence-corrected chi connectivity index (χ3v) is 8.84. The third kappa shape index (κ3) is 5.03. The number of rotatable bonds is 7. The Morgan fingerprint density at radius 1 is 1.06 bits per heavy atom. The first-order valence-electron chi connectivity index (χ1n) is 11.0. The molecule has 176 valence electrons. The number of thiazole rings is 1. The lowest BCUT2D eigenvalue weighted by molar-refractivity contribution is -0.118. The summed E-state index contributed by atoms with van der Waals surface area (Å²) in [5.41, 5.74) is 4.78. The molecule has 2 heterocycles. The molecule has 0 unspecified atom stereocenters. The lowest BCUT2D eigenvalue weighted by Crippen LogP contribution is -2.31. The number of aromatic nitrogens is 2. The van der Waals surface area contributed by atoms with Gasteiger partial charge in [-0.1, -0.05) is 35.6 Å². The van der Waals surface area contributed by atoms with Gasteiger partial charge in [-0.05, 0) is 74.2 Å². The summed E-state index contributed by atoms with van der Waals surface area (Å²) in [6.45, 7) is 7.74. The molecule has 4 rings (SSSR count). The fraction of sp³-hybridized carbons (Fsp3) is 0.269. The predicted molar refractivity (Wildman–Crippen MR) is 137 cm³/mol. The van der Waals surface area contributed by atoms with Crippen LogP contribution >= 0.6 is 11.3 Å². The molecular weight excluding hydrogens is 466 g/mol. The van der Waals surface area contributed by atoms with Crippen molar-refractivity contribution in [3.8, 4) is 0 Å². The van der Waals surface area contributed by atoms with Gasteiger partial charge in [0.25, 0.3) is 0 Å². The zero-order chi connectivity index (χ0) is 24.5. The minimum atomic E-state index is -3.36. The third-order valence-electron chi connectivity index (χ3n) is 5.64. The molecule has 4 aromatic rings. The Labute approximate surface area is 204 Å². The first-order chi connectivity index (χ1) is 16.1. The number of hydrogen-bond acceptors (Lipinski definition) is 6. The molecule has 0 fully saturated rings. The Bertz CT molecular complexity index is 1430. The topological polar surface area (TPSA) is 80.2 Å². The van der Waals surface area contributed by atoms with E-state index in [9.17, 15) is 13.2 Å². The average molecular weight is 494 g/mol. The Morgan fingerprint density at radius 3 is 2.44 bits per heavy atom. The highest BCUT2D eigenvalue weighted by molar-refractivity contribution is 7.92. The normalized spacial score (nSPS) is 11.8. The zero-order valence-corrected chi connectivity index (χ0v) is 21.3. The summed E-state index contributed by atoms with van der Waals surface area (Å²) in [5, 5.41) is 0.137. The summed E-state index contributed by atoms with van der Waals surface area (Å²) in [4.78, 5) is 24.4. The van der Waals surface area contributed by atoms with E-state index in [0.29, 0.717) is 11.7 Å². The van der Waals surface area contributed by atoms with Crippen molar-refractivity contribution in [1.82, 2.24) is 9.97 Å². The molecule has 0 aliphatic rings. The average Bonchev–Trinajstić information content (AvgIpc) is 3.22. The van der Waals surface area contributed by atoms with Crippen molar-refractivity contribution < 1.29 is 13.2 Å². The molecule has 8 heteroatoms. The van der Waals surface area contributed by atoms with Gasteiger partial charge < -0.3 is 0 Å². The van der Waals surface area contributed by atoms with Gasteiger partial charge in [-0.2, -0.15) is 0 Å². The Hall–Kier alpha value is -3.10. The number of nitrogens with zero attached hydrogens (tertiary/aromatic N) is 3. The smallest absolute Gasteiger partial charge is 0.233 e. The molecule has 0 bridgehead atoms. The van der Waals surface area contributed by atoms with Crippen LogP contribution in [0.1, 0.15) is 36.1 Å². The summed E-state index contributed by atoms with van der Waals surface area (Å²) in [5.74, 6) is -0.114. The highest BCUT2D eigenvalue weighted by Crippen LogP contribution is 2.33. The van der Waals surface area contributed by atoms with E-state index in [1.54, 1.807) is 55.4 Å². The van der Waals surface area contributed by atoms with E-state index in [0.717, 1.165) is 32.5 Å². The largest absolute Gasteiger partial charge is 0.283 e. The summed E-state index contributed by atoms with van der Waals surface area (Å²) < 4.78 is 25.9. The van der Waals surface area contributed by atoms with E-state index in [1.165, 1.54) is 11.3 Å². The summed E-state index contributed by atoms with van der Waals surface area (Å²) in [7, 11) is -3.36. The number of benzene rings is 2. The van der Waals surface area contributed by atoms with E-state index >= 15 is 0 Å². The van der Waals surface area contributed by atoms with Crippen LogP contribution in [0.4, 0.5) is 5.13 Å². The Morgan fingerprint density at radius 2 is 1.79 bits per heavy atom. The maximum absolute atomic E-state index is 13.5. The van der Waals surface area contributed by atoms with Crippen LogP contribution in [0.15, 0.2) is 65.8 Å². The number of pyridine rings is 1. The highest BCUT2D eigenvalue weighted by atomic mass is 32.2. The van der Waals surface area contributed by atoms with Gasteiger partial charge in [-0.15, -0.1) is 0 Å². The van der Waals surface area contributed by atoms with Crippen LogP contribution < -0.4 is 4.90 Å². The molecule has 2 aromatic carbocycles. The monoisotopic (exact) mass is 493 g/mol. The SMILES string of the molecule is Cc1cc(C)c2nc(N(Cc3cccnc3)C(=O)Cc3ccc(S(=O)(=O)C(C)C)cc3)sc2c1. The quantitative estimate of drug-likeness (QED) is 0.351. The van der Waals surface area contributed by atoms with Crippen molar-refractivity contribution in [3.63, 3.8) is 0 Å². The minimum Gasteiger partial charge on any atom is -0.283 e. The van der Waals surface area contributed by atoms with Gasteiger partial charge in [0.15, 0.2) is 15.0 Å². The van der Waals surface area contributed by atoms with Crippen LogP contribution in [0.5, 0.6) is 0 Å². The van der Waals surface area contributed by atoms with E-state index in [-0.39, 0.29) is 17.2 Å². The van der Waals surface area contributed by atoms with Crippen LogP contribution in [0, 0.1) is 13.8 Å².